The molecule has 0 spiro atoms. The van der Waals surface area contributed by atoms with E-state index in [1.807, 2.05) is 18.2 Å². The average molecular weight is 587 g/mol. The molecule has 0 N–H and O–H groups in total. The fourth-order valence-corrected chi connectivity index (χ4v) is 5.80. The van der Waals surface area contributed by atoms with Gasteiger partial charge in [-0.1, -0.05) is 181 Å². The molecule has 1 aromatic rings. The first-order valence-corrected chi connectivity index (χ1v) is 18.7. The van der Waals surface area contributed by atoms with Gasteiger partial charge < -0.3 is 9.47 Å². The highest BCUT2D eigenvalue weighted by atomic mass is 16.5. The van der Waals surface area contributed by atoms with Gasteiger partial charge in [-0.15, -0.1) is 0 Å². The van der Waals surface area contributed by atoms with Crippen LogP contribution in [0.15, 0.2) is 18.2 Å². The van der Waals surface area contributed by atoms with Crippen LogP contribution in [-0.2, 0) is 0 Å². The second-order valence-electron chi connectivity index (χ2n) is 12.7. The summed E-state index contributed by atoms with van der Waals surface area (Å²) in [5.41, 5.74) is 0.629. The van der Waals surface area contributed by atoms with Gasteiger partial charge in [0.1, 0.15) is 17.8 Å². The zero-order valence-corrected chi connectivity index (χ0v) is 28.2. The molecule has 0 radical (unpaired) electrons. The van der Waals surface area contributed by atoms with Crippen LogP contribution in [0.5, 0.6) is 11.5 Å². The highest BCUT2D eigenvalue weighted by Crippen LogP contribution is 2.23. The number of hydrogen-bond acceptors (Lipinski definition) is 3. The summed E-state index contributed by atoms with van der Waals surface area (Å²) in [5, 5.41) is 0. The van der Waals surface area contributed by atoms with Gasteiger partial charge in [0.25, 0.3) is 0 Å². The monoisotopic (exact) mass is 587 g/mol. The van der Waals surface area contributed by atoms with Crippen molar-refractivity contribution in [2.45, 2.75) is 194 Å². The van der Waals surface area contributed by atoms with Crippen molar-refractivity contribution in [3.63, 3.8) is 0 Å². The molecule has 42 heavy (non-hydrogen) atoms. The topological polar surface area (TPSA) is 35.5 Å². The zero-order valence-electron chi connectivity index (χ0n) is 28.2. The summed E-state index contributed by atoms with van der Waals surface area (Å²) in [6.45, 7) is 5.99. The van der Waals surface area contributed by atoms with Crippen LogP contribution >= 0.6 is 0 Å². The molecule has 0 saturated heterocycles. The van der Waals surface area contributed by atoms with Gasteiger partial charge in [-0.05, 0) is 25.0 Å². The van der Waals surface area contributed by atoms with Crippen LogP contribution in [0.2, 0.25) is 0 Å². The Kier molecular flexibility index (Phi) is 28.4. The fourth-order valence-electron chi connectivity index (χ4n) is 5.80. The SMILES string of the molecule is CCCCCCCCCCCCCCCCOc1cc(C=O)cc(OCCCCCCCCCCCCCCCC)c1. The van der Waals surface area contributed by atoms with Crippen LogP contribution in [-0.4, -0.2) is 19.5 Å². The lowest BCUT2D eigenvalue weighted by Crippen LogP contribution is -2.01. The third-order valence-electron chi connectivity index (χ3n) is 8.57. The van der Waals surface area contributed by atoms with Crippen LogP contribution < -0.4 is 9.47 Å². The molecule has 0 aliphatic heterocycles. The van der Waals surface area contributed by atoms with E-state index < -0.39 is 0 Å². The second-order valence-corrected chi connectivity index (χ2v) is 12.7. The number of aldehydes is 1. The summed E-state index contributed by atoms with van der Waals surface area (Å²) in [4.78, 5) is 11.4. The van der Waals surface area contributed by atoms with E-state index in [9.17, 15) is 4.79 Å². The van der Waals surface area contributed by atoms with E-state index >= 15 is 0 Å². The normalized spacial score (nSPS) is 11.2. The predicted molar refractivity (Wildman–Crippen MR) is 183 cm³/mol. The standard InChI is InChI=1S/C39H70O3/c1-3-5-7-9-11-13-15-17-19-21-23-25-27-29-31-41-38-33-37(36-40)34-39(35-38)42-32-30-28-26-24-22-20-18-16-14-12-10-8-6-4-2/h33-36H,3-32H2,1-2H3. The Morgan fingerprint density at radius 1 is 0.405 bits per heavy atom. The summed E-state index contributed by atoms with van der Waals surface area (Å²) >= 11 is 0. The lowest BCUT2D eigenvalue weighted by Gasteiger charge is -2.11. The van der Waals surface area contributed by atoms with Crippen LogP contribution in [0.4, 0.5) is 0 Å². The number of carbonyl (C=O) groups is 1. The molecular formula is C39H70O3. The summed E-state index contributed by atoms with van der Waals surface area (Å²) in [5.74, 6) is 1.51. The maximum absolute atomic E-state index is 11.4. The third kappa shape index (κ3) is 25.0. The van der Waals surface area contributed by atoms with Crippen molar-refractivity contribution >= 4 is 6.29 Å². The molecule has 0 unspecified atom stereocenters. The molecule has 0 aromatic heterocycles. The van der Waals surface area contributed by atoms with E-state index in [2.05, 4.69) is 13.8 Å². The zero-order chi connectivity index (χ0) is 30.2. The highest BCUT2D eigenvalue weighted by molar-refractivity contribution is 5.76. The number of benzene rings is 1. The third-order valence-corrected chi connectivity index (χ3v) is 8.57. The van der Waals surface area contributed by atoms with Crippen LogP contribution in [0.3, 0.4) is 0 Å². The van der Waals surface area contributed by atoms with Gasteiger partial charge in [0.2, 0.25) is 0 Å². The van der Waals surface area contributed by atoms with Gasteiger partial charge in [-0.3, -0.25) is 4.79 Å². The molecule has 0 aliphatic carbocycles. The molecule has 0 aliphatic rings. The molecule has 1 rings (SSSR count). The van der Waals surface area contributed by atoms with Crippen molar-refractivity contribution in [1.82, 2.24) is 0 Å². The highest BCUT2D eigenvalue weighted by Gasteiger charge is 2.04. The number of ether oxygens (including phenoxy) is 2. The van der Waals surface area contributed by atoms with E-state index in [0.29, 0.717) is 18.8 Å². The van der Waals surface area contributed by atoms with E-state index in [1.54, 1.807) is 0 Å². The maximum Gasteiger partial charge on any atom is 0.150 e. The molecule has 244 valence electrons. The Balaban J connectivity index is 1.99. The Morgan fingerprint density at radius 2 is 0.667 bits per heavy atom. The largest absolute Gasteiger partial charge is 0.493 e. The van der Waals surface area contributed by atoms with Crippen molar-refractivity contribution in [3.8, 4) is 11.5 Å². The lowest BCUT2D eigenvalue weighted by molar-refractivity contribution is 0.112. The van der Waals surface area contributed by atoms with E-state index in [0.717, 1.165) is 30.6 Å². The smallest absolute Gasteiger partial charge is 0.150 e. The molecule has 1 aromatic carbocycles. The predicted octanol–water partition coefficient (Wildman–Crippen LogP) is 13.2. The second kappa shape index (κ2) is 30.9. The molecule has 0 saturated carbocycles. The molecule has 0 bridgehead atoms. The van der Waals surface area contributed by atoms with Crippen molar-refractivity contribution in [2.24, 2.45) is 0 Å². The summed E-state index contributed by atoms with van der Waals surface area (Å²) in [6.07, 6.45) is 38.9. The van der Waals surface area contributed by atoms with Gasteiger partial charge in [0.15, 0.2) is 0 Å². The fraction of sp³-hybridized carbons (Fsp3) is 0.821. The van der Waals surface area contributed by atoms with E-state index in [4.69, 9.17) is 9.47 Å². The minimum atomic E-state index is 0.629. The number of carbonyl (C=O) groups excluding carboxylic acids is 1. The summed E-state index contributed by atoms with van der Waals surface area (Å²) < 4.78 is 12.0. The Bertz CT molecular complexity index is 649. The Hall–Kier alpha value is -1.51. The minimum Gasteiger partial charge on any atom is -0.493 e. The number of rotatable bonds is 33. The number of hydrogen-bond donors (Lipinski definition) is 0. The summed E-state index contributed by atoms with van der Waals surface area (Å²) in [6, 6.07) is 5.60. The summed E-state index contributed by atoms with van der Waals surface area (Å²) in [7, 11) is 0. The van der Waals surface area contributed by atoms with E-state index in [-0.39, 0.29) is 0 Å². The van der Waals surface area contributed by atoms with Gasteiger partial charge in [-0.25, -0.2) is 0 Å². The lowest BCUT2D eigenvalue weighted by atomic mass is 10.0. The average Bonchev–Trinajstić information content (AvgIpc) is 3.01. The van der Waals surface area contributed by atoms with Crippen molar-refractivity contribution in [3.05, 3.63) is 23.8 Å². The first kappa shape index (κ1) is 38.5. The van der Waals surface area contributed by atoms with Gasteiger partial charge in [0, 0.05) is 11.6 Å². The molecule has 0 heterocycles. The first-order valence-electron chi connectivity index (χ1n) is 18.7. The maximum atomic E-state index is 11.4. The molecule has 3 nitrogen and oxygen atoms in total. The molecular weight excluding hydrogens is 516 g/mol. The molecule has 0 fully saturated rings. The first-order chi connectivity index (χ1) is 20.8. The van der Waals surface area contributed by atoms with E-state index in [1.165, 1.54) is 167 Å². The van der Waals surface area contributed by atoms with Crippen molar-refractivity contribution in [2.75, 3.05) is 13.2 Å². The van der Waals surface area contributed by atoms with Gasteiger partial charge in [0.05, 0.1) is 13.2 Å². The Morgan fingerprint density at radius 3 is 0.929 bits per heavy atom. The van der Waals surface area contributed by atoms with Crippen LogP contribution in [0, 0.1) is 0 Å². The number of unbranched alkanes of at least 4 members (excludes halogenated alkanes) is 26. The van der Waals surface area contributed by atoms with Crippen LogP contribution in [0.1, 0.15) is 204 Å². The Labute approximate surface area is 262 Å². The quantitative estimate of drug-likeness (QED) is 0.0607. The molecule has 3 heteroatoms. The molecule has 0 atom stereocenters. The van der Waals surface area contributed by atoms with Crippen LogP contribution in [0.25, 0.3) is 0 Å². The molecule has 0 amide bonds. The minimum absolute atomic E-state index is 0.629. The van der Waals surface area contributed by atoms with Crippen molar-refractivity contribution < 1.29 is 14.3 Å². The van der Waals surface area contributed by atoms with Crippen molar-refractivity contribution in [1.29, 1.82) is 0 Å². The van der Waals surface area contributed by atoms with Gasteiger partial charge in [-0.2, -0.15) is 0 Å². The van der Waals surface area contributed by atoms with Gasteiger partial charge >= 0.3 is 0 Å².